The Morgan fingerprint density at radius 3 is 2.25 bits per heavy atom. The number of anilines is 1. The molecule has 1 aromatic carbocycles. The number of halogens is 4. The molecule has 1 aliphatic heterocycles. The molecule has 1 atom stereocenters. The molecular weight excluding hydrogens is 243 g/mol. The van der Waals surface area contributed by atoms with Crippen LogP contribution in [0, 0.1) is 17.5 Å². The molecular formula is C10H7ClF3NO. The van der Waals surface area contributed by atoms with Crippen LogP contribution in [-0.2, 0) is 4.79 Å². The van der Waals surface area contributed by atoms with Crippen molar-refractivity contribution in [3.63, 3.8) is 0 Å². The van der Waals surface area contributed by atoms with E-state index in [1.165, 1.54) is 0 Å². The molecule has 1 saturated heterocycles. The van der Waals surface area contributed by atoms with Gasteiger partial charge in [0, 0.05) is 30.8 Å². The Balaban J connectivity index is 2.38. The number of nitrogens with zero attached hydrogens (tertiary/aromatic N) is 1. The highest BCUT2D eigenvalue weighted by atomic mass is 35.5. The molecule has 0 spiro atoms. The first-order valence-electron chi connectivity index (χ1n) is 4.58. The van der Waals surface area contributed by atoms with E-state index >= 15 is 0 Å². The zero-order valence-electron chi connectivity index (χ0n) is 8.01. The molecule has 0 aromatic heterocycles. The average Bonchev–Trinajstić information content (AvgIpc) is 2.53. The Morgan fingerprint density at radius 2 is 1.81 bits per heavy atom. The third kappa shape index (κ3) is 1.87. The second-order valence-electron chi connectivity index (χ2n) is 3.53. The van der Waals surface area contributed by atoms with E-state index in [1.54, 1.807) is 0 Å². The van der Waals surface area contributed by atoms with E-state index in [9.17, 15) is 18.0 Å². The molecule has 0 N–H and O–H groups in total. The third-order valence-electron chi connectivity index (χ3n) is 2.36. The third-order valence-corrected chi connectivity index (χ3v) is 2.65. The van der Waals surface area contributed by atoms with Gasteiger partial charge in [-0.1, -0.05) is 0 Å². The second-order valence-corrected chi connectivity index (χ2v) is 4.15. The highest BCUT2D eigenvalue weighted by Crippen LogP contribution is 2.26. The van der Waals surface area contributed by atoms with E-state index < -0.39 is 17.5 Å². The quantitative estimate of drug-likeness (QED) is 0.553. The fourth-order valence-electron chi connectivity index (χ4n) is 1.61. The number of carbonyl (C=O) groups excluding carboxylic acids is 1. The summed E-state index contributed by atoms with van der Waals surface area (Å²) in [4.78, 5) is 12.5. The van der Waals surface area contributed by atoms with Crippen molar-refractivity contribution in [1.29, 1.82) is 0 Å². The van der Waals surface area contributed by atoms with Crippen molar-refractivity contribution in [2.75, 3.05) is 11.4 Å². The Morgan fingerprint density at radius 1 is 1.25 bits per heavy atom. The van der Waals surface area contributed by atoms with E-state index in [0.29, 0.717) is 0 Å². The molecule has 0 aliphatic carbocycles. The van der Waals surface area contributed by atoms with Gasteiger partial charge in [-0.25, -0.2) is 13.2 Å². The SMILES string of the molecule is O=C1CC(Cl)CN1c1cc(F)c(F)c(F)c1. The average molecular weight is 250 g/mol. The zero-order chi connectivity index (χ0) is 11.9. The molecule has 0 radical (unpaired) electrons. The normalized spacial score (nSPS) is 20.6. The van der Waals surface area contributed by atoms with Gasteiger partial charge in [-0.3, -0.25) is 4.79 Å². The van der Waals surface area contributed by atoms with E-state index in [1.807, 2.05) is 0 Å². The molecule has 1 fully saturated rings. The van der Waals surface area contributed by atoms with Gasteiger partial charge in [0.25, 0.3) is 0 Å². The second kappa shape index (κ2) is 3.97. The Labute approximate surface area is 94.6 Å². The van der Waals surface area contributed by atoms with Crippen LogP contribution in [0.15, 0.2) is 12.1 Å². The lowest BCUT2D eigenvalue weighted by Gasteiger charge is -2.16. The molecule has 2 nitrogen and oxygen atoms in total. The van der Waals surface area contributed by atoms with Crippen LogP contribution in [0.5, 0.6) is 0 Å². The van der Waals surface area contributed by atoms with Crippen LogP contribution in [0.2, 0.25) is 0 Å². The van der Waals surface area contributed by atoms with Gasteiger partial charge >= 0.3 is 0 Å². The molecule has 1 aliphatic rings. The molecule has 0 bridgehead atoms. The van der Waals surface area contributed by atoms with Crippen molar-refractivity contribution in [1.82, 2.24) is 0 Å². The predicted molar refractivity (Wildman–Crippen MR) is 52.9 cm³/mol. The predicted octanol–water partition coefficient (Wildman–Crippen LogP) is 2.45. The van der Waals surface area contributed by atoms with E-state index in [0.717, 1.165) is 17.0 Å². The van der Waals surface area contributed by atoms with Gasteiger partial charge in [-0.15, -0.1) is 11.6 Å². The maximum atomic E-state index is 12.9. The van der Waals surface area contributed by atoms with Crippen molar-refractivity contribution in [3.05, 3.63) is 29.6 Å². The molecule has 1 unspecified atom stereocenters. The molecule has 16 heavy (non-hydrogen) atoms. The van der Waals surface area contributed by atoms with Gasteiger partial charge in [0.15, 0.2) is 17.5 Å². The maximum Gasteiger partial charge on any atom is 0.228 e. The Bertz CT molecular complexity index is 429. The number of carbonyl (C=O) groups is 1. The van der Waals surface area contributed by atoms with Gasteiger partial charge < -0.3 is 4.90 Å². The monoisotopic (exact) mass is 249 g/mol. The van der Waals surface area contributed by atoms with E-state index in [-0.39, 0.29) is 29.9 Å². The number of hydrogen-bond acceptors (Lipinski definition) is 1. The number of amides is 1. The Kier molecular flexibility index (Phi) is 2.80. The molecule has 6 heteroatoms. The molecule has 1 amide bonds. The van der Waals surface area contributed by atoms with Crippen molar-refractivity contribution < 1.29 is 18.0 Å². The minimum absolute atomic E-state index is 0.00968. The molecule has 86 valence electrons. The van der Waals surface area contributed by atoms with Gasteiger partial charge in [0.1, 0.15) is 0 Å². The summed E-state index contributed by atoms with van der Waals surface area (Å²) < 4.78 is 38.6. The maximum absolute atomic E-state index is 12.9. The molecule has 1 heterocycles. The van der Waals surface area contributed by atoms with Gasteiger partial charge in [-0.05, 0) is 0 Å². The summed E-state index contributed by atoms with van der Waals surface area (Å²) in [5.74, 6) is -4.51. The number of benzene rings is 1. The minimum atomic E-state index is -1.54. The van der Waals surface area contributed by atoms with Crippen molar-refractivity contribution in [2.45, 2.75) is 11.8 Å². The highest BCUT2D eigenvalue weighted by Gasteiger charge is 2.30. The first kappa shape index (κ1) is 11.3. The van der Waals surface area contributed by atoms with Crippen molar-refractivity contribution in [2.24, 2.45) is 0 Å². The fraction of sp³-hybridized carbons (Fsp3) is 0.300. The van der Waals surface area contributed by atoms with E-state index in [4.69, 9.17) is 11.6 Å². The van der Waals surface area contributed by atoms with Crippen LogP contribution in [-0.4, -0.2) is 17.8 Å². The van der Waals surface area contributed by atoms with Crippen LogP contribution < -0.4 is 4.90 Å². The summed E-state index contributed by atoms with van der Waals surface area (Å²) in [6.45, 7) is 0.172. The lowest BCUT2D eigenvalue weighted by atomic mass is 10.2. The summed E-state index contributed by atoms with van der Waals surface area (Å²) in [6.07, 6.45) is 0.113. The molecule has 1 aromatic rings. The first-order valence-corrected chi connectivity index (χ1v) is 5.01. The Hall–Kier alpha value is -1.23. The molecule has 0 saturated carbocycles. The van der Waals surface area contributed by atoms with Crippen LogP contribution >= 0.6 is 11.6 Å². The topological polar surface area (TPSA) is 20.3 Å². The molecule has 2 rings (SSSR count). The summed E-state index contributed by atoms with van der Waals surface area (Å²) in [5, 5.41) is -0.385. The summed E-state index contributed by atoms with van der Waals surface area (Å²) >= 11 is 5.74. The summed E-state index contributed by atoms with van der Waals surface area (Å²) in [7, 11) is 0. The van der Waals surface area contributed by atoms with Crippen LogP contribution in [0.4, 0.5) is 18.9 Å². The van der Waals surface area contributed by atoms with Crippen LogP contribution in [0.25, 0.3) is 0 Å². The van der Waals surface area contributed by atoms with E-state index in [2.05, 4.69) is 0 Å². The fourth-order valence-corrected chi connectivity index (χ4v) is 1.88. The highest BCUT2D eigenvalue weighted by molar-refractivity contribution is 6.24. The van der Waals surface area contributed by atoms with Crippen LogP contribution in [0.3, 0.4) is 0 Å². The van der Waals surface area contributed by atoms with Crippen molar-refractivity contribution in [3.8, 4) is 0 Å². The summed E-state index contributed by atoms with van der Waals surface area (Å²) in [6, 6.07) is 1.57. The zero-order valence-corrected chi connectivity index (χ0v) is 8.77. The lowest BCUT2D eigenvalue weighted by Crippen LogP contribution is -2.25. The number of hydrogen-bond donors (Lipinski definition) is 0. The van der Waals surface area contributed by atoms with Crippen molar-refractivity contribution >= 4 is 23.2 Å². The minimum Gasteiger partial charge on any atom is -0.311 e. The number of rotatable bonds is 1. The van der Waals surface area contributed by atoms with Gasteiger partial charge in [0.2, 0.25) is 5.91 Å². The lowest BCUT2D eigenvalue weighted by molar-refractivity contribution is -0.117. The smallest absolute Gasteiger partial charge is 0.228 e. The number of alkyl halides is 1. The van der Waals surface area contributed by atoms with Crippen LogP contribution in [0.1, 0.15) is 6.42 Å². The standard InChI is InChI=1S/C10H7ClF3NO/c11-5-1-9(16)15(4-5)6-2-7(12)10(14)8(13)3-6/h2-3,5H,1,4H2. The first-order chi connectivity index (χ1) is 7.49. The largest absolute Gasteiger partial charge is 0.311 e. The van der Waals surface area contributed by atoms with Gasteiger partial charge in [0.05, 0.1) is 5.38 Å². The summed E-state index contributed by atoms with van der Waals surface area (Å²) in [5.41, 5.74) is -0.00968. The van der Waals surface area contributed by atoms with Gasteiger partial charge in [-0.2, -0.15) is 0 Å².